The van der Waals surface area contributed by atoms with Crippen LogP contribution >= 0.6 is 11.6 Å². The molecule has 4 amide bonds. The lowest BCUT2D eigenvalue weighted by molar-refractivity contribution is -0.145. The zero-order valence-electron chi connectivity index (χ0n) is 29.9. The summed E-state index contributed by atoms with van der Waals surface area (Å²) in [7, 11) is 2.89. The number of hydrogen-bond donors (Lipinski definition) is 3. The van der Waals surface area contributed by atoms with Gasteiger partial charge in [0, 0.05) is 36.9 Å². The number of ether oxygens (including phenoxy) is 1. The molecule has 1 fully saturated rings. The summed E-state index contributed by atoms with van der Waals surface area (Å²) >= 11 is 6.30. The predicted octanol–water partition coefficient (Wildman–Crippen LogP) is 4.02. The van der Waals surface area contributed by atoms with Gasteiger partial charge in [0.2, 0.25) is 23.5 Å². The van der Waals surface area contributed by atoms with Gasteiger partial charge in [-0.3, -0.25) is 24.0 Å². The van der Waals surface area contributed by atoms with Gasteiger partial charge < -0.3 is 30.4 Å². The number of carbonyl (C=O) groups excluding carboxylic acids is 5. The molecule has 13 heteroatoms. The maximum absolute atomic E-state index is 14.5. The Morgan fingerprint density at radius 1 is 1.12 bits per heavy atom. The zero-order valence-corrected chi connectivity index (χ0v) is 30.7. The average Bonchev–Trinajstić information content (AvgIpc) is 3.60. The van der Waals surface area contributed by atoms with Crippen molar-refractivity contribution in [3.8, 4) is 5.75 Å². The third kappa shape index (κ3) is 9.48. The second-order valence-corrected chi connectivity index (χ2v) is 15.8. The molecule has 5 atom stereocenters. The van der Waals surface area contributed by atoms with Crippen LogP contribution in [-0.2, 0) is 28.8 Å². The molecule has 1 unspecified atom stereocenters. The molecule has 2 aliphatic rings. The fraction of sp³-hybridized carbons (Fsp3) is 0.657. The van der Waals surface area contributed by atoms with E-state index in [0.717, 1.165) is 6.42 Å². The number of likely N-dealkylation sites (N-methyl/N-ethyl adjacent to an activating group) is 1. The molecule has 2 heterocycles. The monoisotopic (exact) mass is 689 g/mol. The molecule has 0 saturated carbocycles. The normalized spacial score (nSPS) is 21.1. The van der Waals surface area contributed by atoms with Crippen LogP contribution in [0.1, 0.15) is 93.1 Å². The molecule has 266 valence electrons. The SMILES string of the molecule is CCC(C)C[C@H](NC(=O)[C@@H]1C[C@]2(CC(c3cc(Cl)ccc3OC)=NO2)CN1C(=O)[C@@H](NC(=O)CC(C)(C)C)C(C)(C)C)C(=O)C(=O)NC. The molecule has 3 rings (SSSR count). The van der Waals surface area contributed by atoms with Crippen molar-refractivity contribution in [3.63, 3.8) is 0 Å². The second-order valence-electron chi connectivity index (χ2n) is 15.4. The van der Waals surface area contributed by atoms with Crippen molar-refractivity contribution in [2.75, 3.05) is 20.7 Å². The Bertz CT molecular complexity index is 1430. The molecule has 3 N–H and O–H groups in total. The van der Waals surface area contributed by atoms with Gasteiger partial charge in [-0.25, -0.2) is 0 Å². The fourth-order valence-corrected chi connectivity index (χ4v) is 6.21. The minimum atomic E-state index is -1.10. The van der Waals surface area contributed by atoms with Crippen LogP contribution in [0.15, 0.2) is 23.4 Å². The Hall–Kier alpha value is -3.67. The van der Waals surface area contributed by atoms with Crippen molar-refractivity contribution >= 4 is 46.7 Å². The second kappa shape index (κ2) is 15.3. The van der Waals surface area contributed by atoms with Gasteiger partial charge in [0.25, 0.3) is 5.91 Å². The smallest absolute Gasteiger partial charge is 0.289 e. The van der Waals surface area contributed by atoms with Crippen LogP contribution in [0, 0.1) is 16.7 Å². The Labute approximate surface area is 289 Å². The van der Waals surface area contributed by atoms with Crippen LogP contribution in [-0.4, -0.2) is 84.5 Å². The molecule has 0 aliphatic carbocycles. The van der Waals surface area contributed by atoms with Crippen LogP contribution in [0.5, 0.6) is 5.75 Å². The summed E-state index contributed by atoms with van der Waals surface area (Å²) in [5.74, 6) is -2.37. The first kappa shape index (κ1) is 38.8. The van der Waals surface area contributed by atoms with Crippen molar-refractivity contribution in [2.24, 2.45) is 21.9 Å². The zero-order chi connectivity index (χ0) is 36.2. The fourth-order valence-electron chi connectivity index (χ4n) is 6.04. The van der Waals surface area contributed by atoms with Crippen molar-refractivity contribution < 1.29 is 33.5 Å². The van der Waals surface area contributed by atoms with Gasteiger partial charge in [0.15, 0.2) is 5.60 Å². The molecule has 12 nitrogen and oxygen atoms in total. The molecule has 0 aromatic heterocycles. The number of halogens is 1. The minimum absolute atomic E-state index is 0.0130. The maximum Gasteiger partial charge on any atom is 0.289 e. The Kier molecular flexibility index (Phi) is 12.3. The molecule has 1 spiro atoms. The Morgan fingerprint density at radius 2 is 1.79 bits per heavy atom. The lowest BCUT2D eigenvalue weighted by atomic mass is 9.84. The van der Waals surface area contributed by atoms with Gasteiger partial charge >= 0.3 is 0 Å². The number of nitrogens with one attached hydrogen (secondary N) is 3. The number of amides is 4. The van der Waals surface area contributed by atoms with E-state index in [2.05, 4.69) is 21.1 Å². The standard InChI is InChI=1S/C35H52ClN5O7/c1-11-20(2)14-23(28(43)31(45)37-9)38-30(44)25-17-35(16-24(40-48-35)22-15-21(36)12-13-26(22)47-10)19-41(25)32(46)29(34(6,7)8)39-27(42)18-33(3,4)5/h12-13,15,20,23,25,29H,11,14,16-19H2,1-10H3,(H,37,45)(H,38,44)(H,39,42)/t20?,23-,25-,29+,35+/m0/s1. The number of ketones is 1. The van der Waals surface area contributed by atoms with Gasteiger partial charge in [0.1, 0.15) is 17.8 Å². The van der Waals surface area contributed by atoms with E-state index in [1.165, 1.54) is 19.1 Å². The lowest BCUT2D eigenvalue weighted by Crippen LogP contribution is -2.59. The van der Waals surface area contributed by atoms with Crippen molar-refractivity contribution in [1.29, 1.82) is 0 Å². The van der Waals surface area contributed by atoms with E-state index in [-0.39, 0.29) is 49.5 Å². The minimum Gasteiger partial charge on any atom is -0.496 e. The van der Waals surface area contributed by atoms with Crippen LogP contribution in [0.4, 0.5) is 0 Å². The van der Waals surface area contributed by atoms with E-state index in [0.29, 0.717) is 22.0 Å². The van der Waals surface area contributed by atoms with Crippen LogP contribution in [0.25, 0.3) is 0 Å². The largest absolute Gasteiger partial charge is 0.496 e. The van der Waals surface area contributed by atoms with Gasteiger partial charge in [-0.1, -0.05) is 78.6 Å². The summed E-state index contributed by atoms with van der Waals surface area (Å²) in [6, 6.07) is 1.97. The summed E-state index contributed by atoms with van der Waals surface area (Å²) in [5, 5.41) is 12.9. The number of likely N-dealkylation sites (tertiary alicyclic amines) is 1. The molecule has 2 aliphatic heterocycles. The number of hydrogen-bond acceptors (Lipinski definition) is 8. The molecule has 1 aromatic carbocycles. The third-order valence-electron chi connectivity index (χ3n) is 8.83. The van der Waals surface area contributed by atoms with E-state index < -0.39 is 52.6 Å². The molecule has 48 heavy (non-hydrogen) atoms. The number of rotatable bonds is 12. The summed E-state index contributed by atoms with van der Waals surface area (Å²) in [6.45, 7) is 15.2. The van der Waals surface area contributed by atoms with Crippen molar-refractivity contribution in [2.45, 2.75) is 111 Å². The molecular weight excluding hydrogens is 638 g/mol. The van der Waals surface area contributed by atoms with Crippen LogP contribution in [0.2, 0.25) is 5.02 Å². The van der Waals surface area contributed by atoms with Crippen molar-refractivity contribution in [3.05, 3.63) is 28.8 Å². The summed E-state index contributed by atoms with van der Waals surface area (Å²) in [6.07, 6.45) is 1.46. The first-order valence-corrected chi connectivity index (χ1v) is 16.9. The highest BCUT2D eigenvalue weighted by Gasteiger charge is 2.56. The third-order valence-corrected chi connectivity index (χ3v) is 9.06. The number of benzene rings is 1. The van der Waals surface area contributed by atoms with Crippen LogP contribution < -0.4 is 20.7 Å². The lowest BCUT2D eigenvalue weighted by Gasteiger charge is -2.36. The first-order chi connectivity index (χ1) is 22.2. The molecular formula is C35H52ClN5O7. The van der Waals surface area contributed by atoms with Gasteiger partial charge in [0.05, 0.1) is 25.4 Å². The van der Waals surface area contributed by atoms with E-state index in [1.54, 1.807) is 18.2 Å². The Balaban J connectivity index is 2.01. The molecule has 0 radical (unpaired) electrons. The number of oxime groups is 1. The van der Waals surface area contributed by atoms with E-state index >= 15 is 0 Å². The van der Waals surface area contributed by atoms with Crippen molar-refractivity contribution in [1.82, 2.24) is 20.9 Å². The highest BCUT2D eigenvalue weighted by molar-refractivity contribution is 6.38. The van der Waals surface area contributed by atoms with Gasteiger partial charge in [-0.15, -0.1) is 0 Å². The number of methoxy groups -OCH3 is 1. The molecule has 0 bridgehead atoms. The summed E-state index contributed by atoms with van der Waals surface area (Å²) < 4.78 is 5.53. The van der Waals surface area contributed by atoms with Gasteiger partial charge in [-0.05, 0) is 41.4 Å². The van der Waals surface area contributed by atoms with Gasteiger partial charge in [-0.2, -0.15) is 0 Å². The van der Waals surface area contributed by atoms with E-state index in [1.807, 2.05) is 55.4 Å². The highest BCUT2D eigenvalue weighted by atomic mass is 35.5. The summed E-state index contributed by atoms with van der Waals surface area (Å²) in [5.41, 5.74) is -0.959. The molecule has 1 saturated heterocycles. The quantitative estimate of drug-likeness (QED) is 0.280. The van der Waals surface area contributed by atoms with E-state index in [9.17, 15) is 24.0 Å². The van der Waals surface area contributed by atoms with E-state index in [4.69, 9.17) is 21.2 Å². The number of Topliss-reactive ketones (excluding diaryl/α,β-unsaturated/α-hetero) is 1. The Morgan fingerprint density at radius 3 is 2.35 bits per heavy atom. The maximum atomic E-state index is 14.5. The summed E-state index contributed by atoms with van der Waals surface area (Å²) in [4.78, 5) is 74.8. The number of carbonyl (C=O) groups is 5. The molecule has 1 aromatic rings. The van der Waals surface area contributed by atoms with Crippen LogP contribution in [0.3, 0.4) is 0 Å². The first-order valence-electron chi connectivity index (χ1n) is 16.5. The highest BCUT2D eigenvalue weighted by Crippen LogP contribution is 2.41. The average molecular weight is 690 g/mol. The predicted molar refractivity (Wildman–Crippen MR) is 184 cm³/mol. The number of nitrogens with zero attached hydrogens (tertiary/aromatic N) is 2. The topological polar surface area (TPSA) is 156 Å².